The molecule has 25 heavy (non-hydrogen) atoms. The van der Waals surface area contributed by atoms with E-state index in [1.165, 1.54) is 5.56 Å². The van der Waals surface area contributed by atoms with Gasteiger partial charge in [-0.1, -0.05) is 42.0 Å². The van der Waals surface area contributed by atoms with Crippen LogP contribution in [0.2, 0.25) is 0 Å². The molecule has 3 rings (SSSR count). The maximum absolute atomic E-state index is 12.3. The lowest BCUT2D eigenvalue weighted by Crippen LogP contribution is -2.32. The van der Waals surface area contributed by atoms with Gasteiger partial charge in [-0.05, 0) is 37.0 Å². The maximum Gasteiger partial charge on any atom is 0.247 e. The second-order valence-electron chi connectivity index (χ2n) is 6.01. The lowest BCUT2D eigenvalue weighted by atomic mass is 9.91. The zero-order valence-corrected chi connectivity index (χ0v) is 14.0. The first-order chi connectivity index (χ1) is 12.2. The Labute approximate surface area is 147 Å². The van der Waals surface area contributed by atoms with Crippen molar-refractivity contribution in [3.8, 4) is 0 Å². The van der Waals surface area contributed by atoms with Gasteiger partial charge in [-0.3, -0.25) is 9.59 Å². The van der Waals surface area contributed by atoms with Crippen LogP contribution in [0, 0.1) is 0 Å². The number of pyridine rings is 1. The van der Waals surface area contributed by atoms with E-state index in [0.29, 0.717) is 18.8 Å². The number of carbonyl (C=O) groups excluding carboxylic acids is 2. The molecule has 0 aliphatic carbocycles. The number of hydrogen-bond acceptors (Lipinski definition) is 3. The summed E-state index contributed by atoms with van der Waals surface area (Å²) in [7, 11) is 0. The van der Waals surface area contributed by atoms with Crippen molar-refractivity contribution in [1.29, 1.82) is 0 Å². The third-order valence-electron chi connectivity index (χ3n) is 4.21. The van der Waals surface area contributed by atoms with Crippen LogP contribution in [0.5, 0.6) is 0 Å². The normalized spacial score (nSPS) is 14.2. The van der Waals surface area contributed by atoms with Gasteiger partial charge in [-0.25, -0.2) is 4.98 Å². The van der Waals surface area contributed by atoms with Gasteiger partial charge >= 0.3 is 0 Å². The average Bonchev–Trinajstić information content (AvgIpc) is 2.63. The summed E-state index contributed by atoms with van der Waals surface area (Å²) in [6.45, 7) is 0.657. The first-order valence-electron chi connectivity index (χ1n) is 8.46. The minimum atomic E-state index is -0.136. The van der Waals surface area contributed by atoms with Crippen LogP contribution in [-0.4, -0.2) is 23.3 Å². The molecular formula is C20H21N3O2. The van der Waals surface area contributed by atoms with Gasteiger partial charge in [0.15, 0.2) is 0 Å². The third kappa shape index (κ3) is 4.76. The van der Waals surface area contributed by atoms with E-state index in [1.807, 2.05) is 24.3 Å². The van der Waals surface area contributed by atoms with Gasteiger partial charge in [0.1, 0.15) is 5.82 Å². The third-order valence-corrected chi connectivity index (χ3v) is 4.21. The molecule has 0 atom stereocenters. The molecule has 5 heteroatoms. The van der Waals surface area contributed by atoms with Crippen molar-refractivity contribution in [3.05, 3.63) is 71.4 Å². The van der Waals surface area contributed by atoms with Gasteiger partial charge in [0.2, 0.25) is 11.8 Å². The quantitative estimate of drug-likeness (QED) is 0.853. The van der Waals surface area contributed by atoms with Crippen molar-refractivity contribution in [2.45, 2.75) is 25.7 Å². The van der Waals surface area contributed by atoms with E-state index in [9.17, 15) is 9.59 Å². The Morgan fingerprint density at radius 2 is 1.92 bits per heavy atom. The van der Waals surface area contributed by atoms with Crippen molar-refractivity contribution >= 4 is 17.6 Å². The van der Waals surface area contributed by atoms with Crippen molar-refractivity contribution in [2.75, 3.05) is 11.9 Å². The molecule has 0 saturated carbocycles. The van der Waals surface area contributed by atoms with Crippen LogP contribution in [0.1, 0.15) is 24.8 Å². The number of rotatable bonds is 6. The molecule has 2 aromatic rings. The van der Waals surface area contributed by atoms with Crippen LogP contribution in [-0.2, 0) is 16.0 Å². The van der Waals surface area contributed by atoms with E-state index >= 15 is 0 Å². The fraction of sp³-hybridized carbons (Fsp3) is 0.250. The van der Waals surface area contributed by atoms with Crippen LogP contribution in [0.25, 0.3) is 0 Å². The average molecular weight is 335 g/mol. The van der Waals surface area contributed by atoms with Crippen LogP contribution >= 0.6 is 0 Å². The Kier molecular flexibility index (Phi) is 5.57. The standard InChI is InChI=1S/C20H21N3O2/c24-19(23-18-8-4-5-12-21-18)10-9-17-16(11-13-22-20(17)25)14-15-6-2-1-3-7-15/h1-8,12H,9-11,13-14H2,(H,22,25)(H,21,23,24). The van der Waals surface area contributed by atoms with Crippen molar-refractivity contribution in [3.63, 3.8) is 0 Å². The lowest BCUT2D eigenvalue weighted by molar-refractivity contribution is -0.118. The summed E-state index contributed by atoms with van der Waals surface area (Å²) in [5.74, 6) is 0.338. The van der Waals surface area contributed by atoms with Gasteiger partial charge in [0.25, 0.3) is 0 Å². The second kappa shape index (κ2) is 8.24. The Bertz CT molecular complexity index is 770. The minimum absolute atomic E-state index is 0.0529. The van der Waals surface area contributed by atoms with E-state index in [-0.39, 0.29) is 18.2 Å². The molecule has 0 fully saturated rings. The summed E-state index contributed by atoms with van der Waals surface area (Å²) in [5.41, 5.74) is 3.05. The number of nitrogens with one attached hydrogen (secondary N) is 2. The summed E-state index contributed by atoms with van der Waals surface area (Å²) >= 11 is 0. The largest absolute Gasteiger partial charge is 0.352 e. The molecule has 0 unspecified atom stereocenters. The zero-order valence-electron chi connectivity index (χ0n) is 14.0. The molecule has 0 spiro atoms. The Balaban J connectivity index is 1.66. The van der Waals surface area contributed by atoms with E-state index in [0.717, 1.165) is 24.0 Å². The van der Waals surface area contributed by atoms with Crippen LogP contribution in [0.15, 0.2) is 65.9 Å². The molecule has 5 nitrogen and oxygen atoms in total. The molecule has 1 aromatic carbocycles. The smallest absolute Gasteiger partial charge is 0.247 e. The maximum atomic E-state index is 12.3. The topological polar surface area (TPSA) is 71.1 Å². The summed E-state index contributed by atoms with van der Waals surface area (Å²) < 4.78 is 0. The van der Waals surface area contributed by atoms with Gasteiger partial charge < -0.3 is 10.6 Å². The number of nitrogens with zero attached hydrogens (tertiary/aromatic N) is 1. The summed E-state index contributed by atoms with van der Waals surface area (Å²) in [6, 6.07) is 15.5. The zero-order chi connectivity index (χ0) is 17.5. The van der Waals surface area contributed by atoms with Crippen LogP contribution in [0.4, 0.5) is 5.82 Å². The highest BCUT2D eigenvalue weighted by Gasteiger charge is 2.21. The molecule has 1 aromatic heterocycles. The first-order valence-corrected chi connectivity index (χ1v) is 8.46. The van der Waals surface area contributed by atoms with Gasteiger partial charge in [-0.2, -0.15) is 0 Å². The molecule has 2 N–H and O–H groups in total. The number of benzene rings is 1. The molecule has 2 amide bonds. The van der Waals surface area contributed by atoms with E-state index in [1.54, 1.807) is 18.3 Å². The SMILES string of the molecule is O=C(CCC1=C(Cc2ccccc2)CCNC1=O)Nc1ccccn1. The van der Waals surface area contributed by atoms with E-state index < -0.39 is 0 Å². The van der Waals surface area contributed by atoms with Gasteiger partial charge in [-0.15, -0.1) is 0 Å². The predicted octanol–water partition coefficient (Wildman–Crippen LogP) is 2.86. The van der Waals surface area contributed by atoms with Crippen LogP contribution in [0.3, 0.4) is 0 Å². The number of carbonyl (C=O) groups is 2. The van der Waals surface area contributed by atoms with Crippen molar-refractivity contribution < 1.29 is 9.59 Å². The minimum Gasteiger partial charge on any atom is -0.352 e. The van der Waals surface area contributed by atoms with Crippen molar-refractivity contribution in [1.82, 2.24) is 10.3 Å². The number of anilines is 1. The fourth-order valence-corrected chi connectivity index (χ4v) is 2.95. The molecule has 0 saturated heterocycles. The van der Waals surface area contributed by atoms with Gasteiger partial charge in [0, 0.05) is 24.7 Å². The van der Waals surface area contributed by atoms with Crippen molar-refractivity contribution in [2.24, 2.45) is 0 Å². The highest BCUT2D eigenvalue weighted by molar-refractivity contribution is 5.97. The highest BCUT2D eigenvalue weighted by atomic mass is 16.2. The molecular weight excluding hydrogens is 314 g/mol. The molecule has 1 aliphatic rings. The summed E-state index contributed by atoms with van der Waals surface area (Å²) in [5, 5.41) is 5.64. The first kappa shape index (κ1) is 16.9. The molecule has 0 radical (unpaired) electrons. The lowest BCUT2D eigenvalue weighted by Gasteiger charge is -2.21. The number of hydrogen-bond donors (Lipinski definition) is 2. The highest BCUT2D eigenvalue weighted by Crippen LogP contribution is 2.22. The fourth-order valence-electron chi connectivity index (χ4n) is 2.95. The molecule has 1 aliphatic heterocycles. The molecule has 2 heterocycles. The summed E-state index contributed by atoms with van der Waals surface area (Å²) in [4.78, 5) is 28.5. The molecule has 128 valence electrons. The van der Waals surface area contributed by atoms with E-state index in [2.05, 4.69) is 27.8 Å². The monoisotopic (exact) mass is 335 g/mol. The second-order valence-corrected chi connectivity index (χ2v) is 6.01. The Hall–Kier alpha value is -2.95. The molecule has 0 bridgehead atoms. The number of aromatic nitrogens is 1. The van der Waals surface area contributed by atoms with Gasteiger partial charge in [0.05, 0.1) is 0 Å². The number of amides is 2. The summed E-state index contributed by atoms with van der Waals surface area (Å²) in [6.07, 6.45) is 3.91. The van der Waals surface area contributed by atoms with E-state index in [4.69, 9.17) is 0 Å². The Morgan fingerprint density at radius 1 is 1.12 bits per heavy atom. The Morgan fingerprint density at radius 3 is 2.68 bits per heavy atom. The predicted molar refractivity (Wildman–Crippen MR) is 96.9 cm³/mol. The van der Waals surface area contributed by atoms with Crippen LogP contribution < -0.4 is 10.6 Å².